The van der Waals surface area contributed by atoms with Crippen LogP contribution in [0.5, 0.6) is 0 Å². The molecule has 0 spiro atoms. The number of benzene rings is 1. The predicted molar refractivity (Wildman–Crippen MR) is 78.6 cm³/mol. The number of unbranched alkanes of at least 4 members (excludes halogenated alkanes) is 1. The molecule has 0 atom stereocenters. The first-order valence-corrected chi connectivity index (χ1v) is 6.86. The Morgan fingerprint density at radius 3 is 2.80 bits per heavy atom. The van der Waals surface area contributed by atoms with Crippen molar-refractivity contribution in [2.45, 2.75) is 26.2 Å². The first-order valence-electron chi connectivity index (χ1n) is 6.86. The monoisotopic (exact) mass is 270 g/mol. The smallest absolute Gasteiger partial charge is 0.270 e. The number of carbonyl (C=O) groups excluding carboxylic acids is 2. The highest BCUT2D eigenvalue weighted by Crippen LogP contribution is 2.15. The van der Waals surface area contributed by atoms with Gasteiger partial charge in [0.1, 0.15) is 5.69 Å². The summed E-state index contributed by atoms with van der Waals surface area (Å²) in [6.07, 6.45) is 3.96. The molecule has 0 fully saturated rings. The van der Waals surface area contributed by atoms with Crippen LogP contribution in [0.25, 0.3) is 10.8 Å². The van der Waals surface area contributed by atoms with Crippen molar-refractivity contribution >= 4 is 22.5 Å². The van der Waals surface area contributed by atoms with Gasteiger partial charge < -0.3 is 5.32 Å². The maximum atomic E-state index is 12.1. The molecule has 2 rings (SSSR count). The third-order valence-electron chi connectivity index (χ3n) is 3.14. The first kappa shape index (κ1) is 14.2. The van der Waals surface area contributed by atoms with E-state index in [1.807, 2.05) is 37.3 Å². The van der Waals surface area contributed by atoms with E-state index in [4.69, 9.17) is 0 Å². The van der Waals surface area contributed by atoms with E-state index in [2.05, 4.69) is 10.3 Å². The van der Waals surface area contributed by atoms with E-state index in [0.717, 1.165) is 23.6 Å². The third-order valence-corrected chi connectivity index (χ3v) is 3.14. The van der Waals surface area contributed by atoms with Crippen LogP contribution < -0.4 is 5.32 Å². The number of aromatic nitrogens is 1. The number of Topliss-reactive ketones (excluding diaryl/α,β-unsaturated/α-hetero) is 1. The van der Waals surface area contributed by atoms with E-state index < -0.39 is 0 Å². The molecule has 1 heterocycles. The highest BCUT2D eigenvalue weighted by Gasteiger charge is 2.12. The number of amides is 1. The van der Waals surface area contributed by atoms with E-state index in [-0.39, 0.29) is 18.2 Å². The van der Waals surface area contributed by atoms with Gasteiger partial charge in [0.15, 0.2) is 5.78 Å². The lowest BCUT2D eigenvalue weighted by Gasteiger charge is -2.06. The van der Waals surface area contributed by atoms with Crippen LogP contribution in [-0.4, -0.2) is 23.2 Å². The molecule has 2 aromatic rings. The van der Waals surface area contributed by atoms with Gasteiger partial charge in [-0.1, -0.05) is 37.6 Å². The largest absolute Gasteiger partial charge is 0.344 e. The van der Waals surface area contributed by atoms with Gasteiger partial charge in [0, 0.05) is 18.0 Å². The molecular formula is C16H18N2O2. The summed E-state index contributed by atoms with van der Waals surface area (Å²) >= 11 is 0. The third kappa shape index (κ3) is 3.41. The van der Waals surface area contributed by atoms with Crippen LogP contribution in [-0.2, 0) is 4.79 Å². The van der Waals surface area contributed by atoms with Crippen LogP contribution in [0.1, 0.15) is 36.7 Å². The summed E-state index contributed by atoms with van der Waals surface area (Å²) in [5, 5.41) is 4.41. The Balaban J connectivity index is 2.06. The topological polar surface area (TPSA) is 59.1 Å². The number of nitrogens with zero attached hydrogens (tertiary/aromatic N) is 1. The molecule has 0 bridgehead atoms. The minimum absolute atomic E-state index is 0.0560. The minimum Gasteiger partial charge on any atom is -0.344 e. The Labute approximate surface area is 118 Å². The van der Waals surface area contributed by atoms with Gasteiger partial charge in [-0.05, 0) is 17.9 Å². The normalized spacial score (nSPS) is 10.4. The fraction of sp³-hybridized carbons (Fsp3) is 0.312. The second-order valence-corrected chi connectivity index (χ2v) is 4.71. The van der Waals surface area contributed by atoms with Gasteiger partial charge >= 0.3 is 0 Å². The van der Waals surface area contributed by atoms with Gasteiger partial charge in [0.05, 0.1) is 6.54 Å². The van der Waals surface area contributed by atoms with Crippen LogP contribution >= 0.6 is 0 Å². The molecule has 0 radical (unpaired) electrons. The van der Waals surface area contributed by atoms with Gasteiger partial charge in [-0.25, -0.2) is 0 Å². The Morgan fingerprint density at radius 2 is 2.00 bits per heavy atom. The van der Waals surface area contributed by atoms with Gasteiger partial charge in [-0.2, -0.15) is 0 Å². The number of hydrogen-bond acceptors (Lipinski definition) is 3. The minimum atomic E-state index is -0.299. The number of carbonyl (C=O) groups is 2. The van der Waals surface area contributed by atoms with Crippen LogP contribution in [0.2, 0.25) is 0 Å². The van der Waals surface area contributed by atoms with Crippen molar-refractivity contribution in [3.8, 4) is 0 Å². The Kier molecular flexibility index (Phi) is 4.82. The predicted octanol–water partition coefficient (Wildman–Crippen LogP) is 2.72. The summed E-state index contributed by atoms with van der Waals surface area (Å²) in [7, 11) is 0. The summed E-state index contributed by atoms with van der Waals surface area (Å²) in [6.45, 7) is 2.11. The molecule has 0 saturated carbocycles. The first-order chi connectivity index (χ1) is 9.72. The molecule has 1 aromatic carbocycles. The molecule has 0 aliphatic rings. The molecule has 4 nitrogen and oxygen atoms in total. The van der Waals surface area contributed by atoms with E-state index in [1.165, 1.54) is 0 Å². The molecule has 0 aliphatic heterocycles. The molecule has 0 aliphatic carbocycles. The fourth-order valence-corrected chi connectivity index (χ4v) is 2.03. The lowest BCUT2D eigenvalue weighted by molar-refractivity contribution is -0.118. The Hall–Kier alpha value is -2.23. The maximum Gasteiger partial charge on any atom is 0.270 e. The van der Waals surface area contributed by atoms with E-state index in [0.29, 0.717) is 12.1 Å². The number of ketones is 1. The number of nitrogens with one attached hydrogen (secondary N) is 1. The van der Waals surface area contributed by atoms with Crippen LogP contribution in [0, 0.1) is 0 Å². The molecule has 1 aromatic heterocycles. The summed E-state index contributed by atoms with van der Waals surface area (Å²) < 4.78 is 0. The van der Waals surface area contributed by atoms with E-state index >= 15 is 0 Å². The SMILES string of the molecule is CCCCC(=O)CNC(=O)c1nccc2ccccc12. The quantitative estimate of drug-likeness (QED) is 0.878. The highest BCUT2D eigenvalue weighted by atomic mass is 16.2. The van der Waals surface area contributed by atoms with Crippen LogP contribution in [0.4, 0.5) is 0 Å². The van der Waals surface area contributed by atoms with Gasteiger partial charge in [0.2, 0.25) is 0 Å². The Bertz CT molecular complexity index is 617. The molecular weight excluding hydrogens is 252 g/mol. The molecule has 1 amide bonds. The number of rotatable bonds is 6. The van der Waals surface area contributed by atoms with Crippen LogP contribution in [0.15, 0.2) is 36.5 Å². The maximum absolute atomic E-state index is 12.1. The summed E-state index contributed by atoms with van der Waals surface area (Å²) in [6, 6.07) is 9.43. The summed E-state index contributed by atoms with van der Waals surface area (Å²) in [5.41, 5.74) is 0.367. The molecule has 1 N–H and O–H groups in total. The lowest BCUT2D eigenvalue weighted by atomic mass is 10.1. The van der Waals surface area contributed by atoms with E-state index in [9.17, 15) is 9.59 Å². The van der Waals surface area contributed by atoms with Gasteiger partial charge in [0.25, 0.3) is 5.91 Å². The van der Waals surface area contributed by atoms with Crippen molar-refractivity contribution in [3.63, 3.8) is 0 Å². The standard InChI is InChI=1S/C16H18N2O2/c1-2-3-7-13(19)11-18-16(20)15-14-8-5-4-6-12(14)9-10-17-15/h4-6,8-10H,2-3,7,11H2,1H3,(H,18,20). The van der Waals surface area contributed by atoms with Crippen molar-refractivity contribution in [1.82, 2.24) is 10.3 Å². The lowest BCUT2D eigenvalue weighted by Crippen LogP contribution is -2.30. The summed E-state index contributed by atoms with van der Waals surface area (Å²) in [4.78, 5) is 27.8. The van der Waals surface area contributed by atoms with Crippen molar-refractivity contribution in [2.75, 3.05) is 6.54 Å². The zero-order chi connectivity index (χ0) is 14.4. The second-order valence-electron chi connectivity index (χ2n) is 4.71. The number of fused-ring (bicyclic) bond motifs is 1. The molecule has 104 valence electrons. The molecule has 20 heavy (non-hydrogen) atoms. The Morgan fingerprint density at radius 1 is 1.20 bits per heavy atom. The number of hydrogen-bond donors (Lipinski definition) is 1. The van der Waals surface area contributed by atoms with Crippen LogP contribution in [0.3, 0.4) is 0 Å². The second kappa shape index (κ2) is 6.80. The van der Waals surface area contributed by atoms with Gasteiger partial charge in [-0.15, -0.1) is 0 Å². The van der Waals surface area contributed by atoms with E-state index in [1.54, 1.807) is 6.20 Å². The van der Waals surface area contributed by atoms with Gasteiger partial charge in [-0.3, -0.25) is 14.6 Å². The average molecular weight is 270 g/mol. The highest BCUT2D eigenvalue weighted by molar-refractivity contribution is 6.06. The fourth-order valence-electron chi connectivity index (χ4n) is 2.03. The average Bonchev–Trinajstić information content (AvgIpc) is 2.50. The zero-order valence-corrected chi connectivity index (χ0v) is 11.6. The number of pyridine rings is 1. The summed E-state index contributed by atoms with van der Waals surface area (Å²) in [5.74, 6) is -0.243. The van der Waals surface area contributed by atoms with Crippen molar-refractivity contribution in [1.29, 1.82) is 0 Å². The van der Waals surface area contributed by atoms with Crippen molar-refractivity contribution in [3.05, 3.63) is 42.2 Å². The zero-order valence-electron chi connectivity index (χ0n) is 11.6. The van der Waals surface area contributed by atoms with Crippen molar-refractivity contribution < 1.29 is 9.59 Å². The van der Waals surface area contributed by atoms with Crippen molar-refractivity contribution in [2.24, 2.45) is 0 Å². The molecule has 0 unspecified atom stereocenters. The molecule has 0 saturated heterocycles. The molecule has 4 heteroatoms.